The van der Waals surface area contributed by atoms with Gasteiger partial charge in [0, 0.05) is 29.3 Å². The van der Waals surface area contributed by atoms with Crippen LogP contribution in [0.15, 0.2) is 23.1 Å². The van der Waals surface area contributed by atoms with Gasteiger partial charge >= 0.3 is 0 Å². The van der Waals surface area contributed by atoms with Crippen molar-refractivity contribution in [2.75, 3.05) is 6.61 Å². The molecule has 1 unspecified atom stereocenters. The summed E-state index contributed by atoms with van der Waals surface area (Å²) in [7, 11) is 0. The predicted molar refractivity (Wildman–Crippen MR) is 78.1 cm³/mol. The first-order valence-corrected chi connectivity index (χ1v) is 7.67. The Morgan fingerprint density at radius 1 is 1.44 bits per heavy atom. The Morgan fingerprint density at radius 2 is 2.22 bits per heavy atom. The van der Waals surface area contributed by atoms with Crippen molar-refractivity contribution < 1.29 is 5.11 Å². The van der Waals surface area contributed by atoms with Gasteiger partial charge in [0.25, 0.3) is 0 Å². The summed E-state index contributed by atoms with van der Waals surface area (Å²) in [4.78, 5) is 1.34. The monoisotopic (exact) mass is 265 g/mol. The molecule has 0 saturated heterocycles. The van der Waals surface area contributed by atoms with Crippen molar-refractivity contribution >= 4 is 11.8 Å². The van der Waals surface area contributed by atoms with Gasteiger partial charge < -0.3 is 10.4 Å². The quantitative estimate of drug-likeness (QED) is 0.743. The Bertz CT molecular complexity index is 390. The van der Waals surface area contributed by atoms with Gasteiger partial charge in [-0.15, -0.1) is 11.8 Å². The van der Waals surface area contributed by atoms with E-state index >= 15 is 0 Å². The number of thioether (sulfide) groups is 1. The number of aryl methyl sites for hydroxylation is 1. The van der Waals surface area contributed by atoms with Crippen molar-refractivity contribution in [3.63, 3.8) is 0 Å². The average Bonchev–Trinajstić information content (AvgIpc) is 3.14. The molecular weight excluding hydrogens is 242 g/mol. The van der Waals surface area contributed by atoms with Crippen LogP contribution in [-0.4, -0.2) is 23.0 Å². The van der Waals surface area contributed by atoms with Gasteiger partial charge in [-0.2, -0.15) is 0 Å². The third-order valence-corrected chi connectivity index (χ3v) is 4.63. The van der Waals surface area contributed by atoms with Crippen molar-refractivity contribution in [2.24, 2.45) is 0 Å². The molecule has 1 saturated carbocycles. The molecular formula is C15H23NOS. The van der Waals surface area contributed by atoms with Crippen molar-refractivity contribution in [1.29, 1.82) is 0 Å². The highest BCUT2D eigenvalue weighted by Gasteiger charge is 2.19. The van der Waals surface area contributed by atoms with Crippen LogP contribution in [-0.2, 0) is 6.54 Å². The van der Waals surface area contributed by atoms with Gasteiger partial charge in [0.05, 0.1) is 0 Å². The fraction of sp³-hybridized carbons (Fsp3) is 0.600. The molecule has 1 atom stereocenters. The first kappa shape index (κ1) is 13.9. The number of rotatable bonds is 7. The normalized spacial score (nSPS) is 16.8. The van der Waals surface area contributed by atoms with Crippen molar-refractivity contribution in [3.05, 3.63) is 29.3 Å². The van der Waals surface area contributed by atoms with Crippen molar-refractivity contribution in [3.8, 4) is 0 Å². The minimum absolute atomic E-state index is 0.274. The molecule has 1 aromatic rings. The van der Waals surface area contributed by atoms with E-state index in [1.165, 1.54) is 28.9 Å². The lowest BCUT2D eigenvalue weighted by molar-refractivity contribution is 0.289. The maximum atomic E-state index is 8.93. The van der Waals surface area contributed by atoms with Crippen LogP contribution < -0.4 is 5.32 Å². The summed E-state index contributed by atoms with van der Waals surface area (Å²) < 4.78 is 0. The molecule has 1 fully saturated rings. The molecule has 18 heavy (non-hydrogen) atoms. The standard InChI is InChI=1S/C15H23NOS/c1-11-9-13(10-16-14-4-5-14)3-6-15(11)18-12(2)7-8-17/h3,6,9,12,14,16-17H,4-5,7-8,10H2,1-2H3. The number of nitrogens with one attached hydrogen (secondary N) is 1. The van der Waals surface area contributed by atoms with Gasteiger partial charge in [-0.05, 0) is 43.4 Å². The lowest BCUT2D eigenvalue weighted by Gasteiger charge is -2.13. The van der Waals surface area contributed by atoms with E-state index in [0.29, 0.717) is 5.25 Å². The second kappa shape index (κ2) is 6.60. The molecule has 2 rings (SSSR count). The molecule has 1 aliphatic carbocycles. The van der Waals surface area contributed by atoms with Crippen LogP contribution in [0.3, 0.4) is 0 Å². The zero-order chi connectivity index (χ0) is 13.0. The van der Waals surface area contributed by atoms with Crippen LogP contribution in [0.5, 0.6) is 0 Å². The predicted octanol–water partition coefficient (Wildman–Crippen LogP) is 3.11. The molecule has 3 heteroatoms. The van der Waals surface area contributed by atoms with Gasteiger partial charge in [0.1, 0.15) is 0 Å². The van der Waals surface area contributed by atoms with Crippen LogP contribution in [0.2, 0.25) is 0 Å². The SMILES string of the molecule is Cc1cc(CNC2CC2)ccc1SC(C)CCO. The Kier molecular flexibility index (Phi) is 5.10. The molecule has 0 aromatic heterocycles. The number of aliphatic hydroxyl groups excluding tert-OH is 1. The van der Waals surface area contributed by atoms with E-state index in [1.807, 2.05) is 11.8 Å². The van der Waals surface area contributed by atoms with Crippen LogP contribution in [0.25, 0.3) is 0 Å². The number of aliphatic hydroxyl groups is 1. The third-order valence-electron chi connectivity index (χ3n) is 3.28. The Morgan fingerprint density at radius 3 is 2.83 bits per heavy atom. The van der Waals surface area contributed by atoms with Gasteiger partial charge in [0.15, 0.2) is 0 Å². The smallest absolute Gasteiger partial charge is 0.0441 e. The second-order valence-corrected chi connectivity index (χ2v) is 6.68. The summed E-state index contributed by atoms with van der Waals surface area (Å²) in [5.41, 5.74) is 2.72. The topological polar surface area (TPSA) is 32.3 Å². The second-order valence-electron chi connectivity index (χ2n) is 5.20. The lowest BCUT2D eigenvalue weighted by Crippen LogP contribution is -2.15. The highest BCUT2D eigenvalue weighted by atomic mass is 32.2. The van der Waals surface area contributed by atoms with E-state index < -0.39 is 0 Å². The molecule has 0 bridgehead atoms. The molecule has 2 N–H and O–H groups in total. The Labute approximate surface area is 114 Å². The molecule has 100 valence electrons. The van der Waals surface area contributed by atoms with E-state index in [2.05, 4.69) is 37.4 Å². The fourth-order valence-corrected chi connectivity index (χ4v) is 3.01. The first-order chi connectivity index (χ1) is 8.69. The maximum absolute atomic E-state index is 8.93. The van der Waals surface area contributed by atoms with Crippen LogP contribution in [0.4, 0.5) is 0 Å². The van der Waals surface area contributed by atoms with E-state index in [0.717, 1.165) is 19.0 Å². The number of hydrogen-bond donors (Lipinski definition) is 2. The minimum atomic E-state index is 0.274. The van der Waals surface area contributed by atoms with Crippen molar-refractivity contribution in [2.45, 2.75) is 55.8 Å². The van der Waals surface area contributed by atoms with Gasteiger partial charge in [-0.25, -0.2) is 0 Å². The first-order valence-electron chi connectivity index (χ1n) is 6.79. The largest absolute Gasteiger partial charge is 0.396 e. The summed E-state index contributed by atoms with van der Waals surface area (Å²) in [6.45, 7) is 5.61. The Balaban J connectivity index is 1.90. The number of benzene rings is 1. The maximum Gasteiger partial charge on any atom is 0.0441 e. The molecule has 1 aliphatic rings. The van der Waals surface area contributed by atoms with Gasteiger partial charge in [0.2, 0.25) is 0 Å². The lowest BCUT2D eigenvalue weighted by atomic mass is 10.1. The van der Waals surface area contributed by atoms with Gasteiger partial charge in [-0.1, -0.05) is 19.1 Å². The van der Waals surface area contributed by atoms with Crippen LogP contribution >= 0.6 is 11.8 Å². The van der Waals surface area contributed by atoms with Crippen molar-refractivity contribution in [1.82, 2.24) is 5.32 Å². The highest BCUT2D eigenvalue weighted by Crippen LogP contribution is 2.29. The van der Waals surface area contributed by atoms with E-state index in [1.54, 1.807) is 0 Å². The third kappa shape index (κ3) is 4.30. The summed E-state index contributed by atoms with van der Waals surface area (Å²) >= 11 is 1.86. The molecule has 0 radical (unpaired) electrons. The zero-order valence-corrected chi connectivity index (χ0v) is 12.1. The molecule has 1 aromatic carbocycles. The summed E-state index contributed by atoms with van der Waals surface area (Å²) in [5, 5.41) is 13.0. The molecule has 0 amide bonds. The van der Waals surface area contributed by atoms with E-state index in [4.69, 9.17) is 5.11 Å². The summed E-state index contributed by atoms with van der Waals surface area (Å²) in [6, 6.07) is 7.49. The van der Waals surface area contributed by atoms with E-state index in [9.17, 15) is 0 Å². The summed E-state index contributed by atoms with van der Waals surface area (Å²) in [5.74, 6) is 0. The Hall–Kier alpha value is -0.510. The van der Waals surface area contributed by atoms with Crippen LogP contribution in [0.1, 0.15) is 37.3 Å². The highest BCUT2D eigenvalue weighted by molar-refractivity contribution is 8.00. The summed E-state index contributed by atoms with van der Waals surface area (Å²) in [6.07, 6.45) is 3.53. The molecule has 0 spiro atoms. The molecule has 0 aliphatic heterocycles. The zero-order valence-electron chi connectivity index (χ0n) is 11.3. The minimum Gasteiger partial charge on any atom is -0.396 e. The molecule has 2 nitrogen and oxygen atoms in total. The fourth-order valence-electron chi connectivity index (χ4n) is 1.96. The number of hydrogen-bond acceptors (Lipinski definition) is 3. The molecule has 0 heterocycles. The van der Waals surface area contributed by atoms with Crippen LogP contribution in [0, 0.1) is 6.92 Å². The van der Waals surface area contributed by atoms with Gasteiger partial charge in [-0.3, -0.25) is 0 Å². The average molecular weight is 265 g/mol. The van der Waals surface area contributed by atoms with E-state index in [-0.39, 0.29) is 6.61 Å².